The predicted octanol–water partition coefficient (Wildman–Crippen LogP) is 3.58. The van der Waals surface area contributed by atoms with Crippen molar-refractivity contribution in [1.29, 1.82) is 0 Å². The second-order valence-electron chi connectivity index (χ2n) is 4.46. The largest absolute Gasteiger partial charge is 0.319 e. The fraction of sp³-hybridized carbons (Fsp3) is 0.0667. The van der Waals surface area contributed by atoms with Crippen LogP contribution in [-0.2, 0) is 0 Å². The van der Waals surface area contributed by atoms with Gasteiger partial charge < -0.3 is 5.73 Å². The molecule has 100 valence electrons. The summed E-state index contributed by atoms with van der Waals surface area (Å²) >= 11 is 3.48. The maximum Gasteiger partial charge on any atom is 0.141 e. The van der Waals surface area contributed by atoms with E-state index in [1.165, 1.54) is 6.07 Å². The molecule has 5 heteroatoms. The van der Waals surface area contributed by atoms with Gasteiger partial charge in [-0.05, 0) is 39.7 Å². The maximum absolute atomic E-state index is 13.2. The molecule has 2 aromatic heterocycles. The summed E-state index contributed by atoms with van der Waals surface area (Å²) in [7, 11) is 0. The monoisotopic (exact) mass is 331 g/mol. The first-order valence-electron chi connectivity index (χ1n) is 6.06. The Morgan fingerprint density at radius 3 is 2.75 bits per heavy atom. The number of halogens is 2. The summed E-state index contributed by atoms with van der Waals surface area (Å²) < 4.78 is 14.0. The molecule has 2 N–H and O–H groups in total. The van der Waals surface area contributed by atoms with E-state index in [1.54, 1.807) is 6.20 Å². The molecule has 20 heavy (non-hydrogen) atoms. The van der Waals surface area contributed by atoms with Crippen LogP contribution in [0.3, 0.4) is 0 Å². The summed E-state index contributed by atoms with van der Waals surface area (Å²) in [5, 5.41) is 1.02. The fourth-order valence-corrected chi connectivity index (χ4v) is 2.66. The van der Waals surface area contributed by atoms with E-state index in [2.05, 4.69) is 25.9 Å². The third-order valence-electron chi connectivity index (χ3n) is 3.08. The smallest absolute Gasteiger partial charge is 0.141 e. The third-order valence-corrected chi connectivity index (χ3v) is 3.72. The van der Waals surface area contributed by atoms with Gasteiger partial charge >= 0.3 is 0 Å². The minimum absolute atomic E-state index is 0.408. The predicted molar refractivity (Wildman–Crippen MR) is 79.7 cm³/mol. The van der Waals surface area contributed by atoms with E-state index < -0.39 is 11.9 Å². The maximum atomic E-state index is 13.2. The van der Waals surface area contributed by atoms with Gasteiger partial charge in [-0.15, -0.1) is 0 Å². The standard InChI is InChI=1S/C15H11BrFN3/c16-12-6-9-3-1-2-4-13(9)20-15(12)14(18)10-5-11(17)8-19-7-10/h1-8,14H,18H2. The second-order valence-corrected chi connectivity index (χ2v) is 5.32. The van der Waals surface area contributed by atoms with Crippen molar-refractivity contribution in [2.24, 2.45) is 5.73 Å². The highest BCUT2D eigenvalue weighted by atomic mass is 79.9. The van der Waals surface area contributed by atoms with Gasteiger partial charge in [0.2, 0.25) is 0 Å². The number of para-hydroxylation sites is 1. The topological polar surface area (TPSA) is 51.8 Å². The quantitative estimate of drug-likeness (QED) is 0.780. The van der Waals surface area contributed by atoms with Crippen molar-refractivity contribution in [3.63, 3.8) is 0 Å². The zero-order chi connectivity index (χ0) is 14.1. The number of nitrogens with two attached hydrogens (primary N) is 1. The summed E-state index contributed by atoms with van der Waals surface area (Å²) in [6, 6.07) is 10.6. The minimum atomic E-state index is -0.530. The van der Waals surface area contributed by atoms with Crippen LogP contribution in [0.15, 0.2) is 53.3 Å². The van der Waals surface area contributed by atoms with Crippen LogP contribution in [0.25, 0.3) is 10.9 Å². The molecule has 1 atom stereocenters. The van der Waals surface area contributed by atoms with Gasteiger partial charge in [-0.25, -0.2) is 9.37 Å². The molecule has 0 aliphatic rings. The molecule has 1 unspecified atom stereocenters. The Balaban J connectivity index is 2.11. The SMILES string of the molecule is NC(c1cncc(F)c1)c1nc2ccccc2cc1Br. The third kappa shape index (κ3) is 2.42. The molecular weight excluding hydrogens is 321 g/mol. The summed E-state index contributed by atoms with van der Waals surface area (Å²) in [6.07, 6.45) is 2.70. The van der Waals surface area contributed by atoms with Gasteiger partial charge in [0, 0.05) is 16.1 Å². The number of benzene rings is 1. The molecule has 0 saturated heterocycles. The zero-order valence-corrected chi connectivity index (χ0v) is 12.0. The van der Waals surface area contributed by atoms with E-state index in [9.17, 15) is 4.39 Å². The van der Waals surface area contributed by atoms with E-state index >= 15 is 0 Å². The van der Waals surface area contributed by atoms with Gasteiger partial charge in [0.05, 0.1) is 23.4 Å². The minimum Gasteiger partial charge on any atom is -0.319 e. The normalized spacial score (nSPS) is 12.6. The lowest BCUT2D eigenvalue weighted by Crippen LogP contribution is -2.15. The van der Waals surface area contributed by atoms with Crippen LogP contribution in [0.4, 0.5) is 4.39 Å². The number of aromatic nitrogens is 2. The van der Waals surface area contributed by atoms with E-state index in [4.69, 9.17) is 5.73 Å². The molecule has 0 saturated carbocycles. The Morgan fingerprint density at radius 2 is 1.95 bits per heavy atom. The fourth-order valence-electron chi connectivity index (χ4n) is 2.08. The first kappa shape index (κ1) is 13.1. The number of pyridine rings is 2. The van der Waals surface area contributed by atoms with E-state index in [-0.39, 0.29) is 0 Å². The molecular formula is C15H11BrFN3. The molecule has 0 fully saturated rings. The number of hydrogen-bond acceptors (Lipinski definition) is 3. The summed E-state index contributed by atoms with van der Waals surface area (Å²) in [6.45, 7) is 0. The zero-order valence-electron chi connectivity index (χ0n) is 10.4. The first-order chi connectivity index (χ1) is 9.65. The number of rotatable bonds is 2. The average Bonchev–Trinajstić information content (AvgIpc) is 2.46. The molecule has 2 heterocycles. The van der Waals surface area contributed by atoms with Crippen molar-refractivity contribution in [1.82, 2.24) is 9.97 Å². The molecule has 0 amide bonds. The number of hydrogen-bond donors (Lipinski definition) is 1. The molecule has 0 spiro atoms. The van der Waals surface area contributed by atoms with Crippen LogP contribution < -0.4 is 5.73 Å². The molecule has 0 aliphatic heterocycles. The summed E-state index contributed by atoms with van der Waals surface area (Å²) in [4.78, 5) is 8.38. The van der Waals surface area contributed by atoms with Gasteiger partial charge in [-0.1, -0.05) is 18.2 Å². The van der Waals surface area contributed by atoms with Crippen molar-refractivity contribution in [2.75, 3.05) is 0 Å². The van der Waals surface area contributed by atoms with Crippen molar-refractivity contribution >= 4 is 26.8 Å². The number of nitrogens with zero attached hydrogens (tertiary/aromatic N) is 2. The second kappa shape index (κ2) is 5.26. The molecule has 0 radical (unpaired) electrons. The Labute approximate surface area is 123 Å². The van der Waals surface area contributed by atoms with Gasteiger partial charge in [0.15, 0.2) is 0 Å². The summed E-state index contributed by atoms with van der Waals surface area (Å²) in [5.41, 5.74) is 8.28. The van der Waals surface area contributed by atoms with Gasteiger partial charge in [0.1, 0.15) is 5.82 Å². The summed E-state index contributed by atoms with van der Waals surface area (Å²) in [5.74, 6) is -0.408. The molecule has 0 bridgehead atoms. The van der Waals surface area contributed by atoms with Crippen LogP contribution in [0.2, 0.25) is 0 Å². The van der Waals surface area contributed by atoms with Crippen molar-refractivity contribution in [2.45, 2.75) is 6.04 Å². The van der Waals surface area contributed by atoms with Crippen LogP contribution in [0.5, 0.6) is 0 Å². The van der Waals surface area contributed by atoms with Crippen LogP contribution in [-0.4, -0.2) is 9.97 Å². The molecule has 3 aromatic rings. The van der Waals surface area contributed by atoms with Gasteiger partial charge in [-0.3, -0.25) is 4.98 Å². The lowest BCUT2D eigenvalue weighted by Gasteiger charge is -2.14. The van der Waals surface area contributed by atoms with Crippen molar-refractivity contribution in [3.8, 4) is 0 Å². The lowest BCUT2D eigenvalue weighted by atomic mass is 10.1. The van der Waals surface area contributed by atoms with Gasteiger partial charge in [-0.2, -0.15) is 0 Å². The van der Waals surface area contributed by atoms with E-state index in [1.807, 2.05) is 30.3 Å². The highest BCUT2D eigenvalue weighted by Gasteiger charge is 2.16. The molecule has 3 nitrogen and oxygen atoms in total. The lowest BCUT2D eigenvalue weighted by molar-refractivity contribution is 0.615. The Morgan fingerprint density at radius 1 is 1.15 bits per heavy atom. The van der Waals surface area contributed by atoms with Crippen molar-refractivity contribution in [3.05, 3.63) is 70.3 Å². The Hall–Kier alpha value is -1.85. The van der Waals surface area contributed by atoms with Gasteiger partial charge in [0.25, 0.3) is 0 Å². The molecule has 1 aromatic carbocycles. The first-order valence-corrected chi connectivity index (χ1v) is 6.85. The average molecular weight is 332 g/mol. The molecule has 0 aliphatic carbocycles. The van der Waals surface area contributed by atoms with Crippen molar-refractivity contribution < 1.29 is 4.39 Å². The Kier molecular flexibility index (Phi) is 3.46. The van der Waals surface area contributed by atoms with Crippen LogP contribution in [0, 0.1) is 5.82 Å². The highest BCUT2D eigenvalue weighted by molar-refractivity contribution is 9.10. The Bertz CT molecular complexity index is 776. The molecule has 3 rings (SSSR count). The highest BCUT2D eigenvalue weighted by Crippen LogP contribution is 2.28. The number of fused-ring (bicyclic) bond motifs is 1. The van der Waals surface area contributed by atoms with E-state index in [0.29, 0.717) is 11.3 Å². The van der Waals surface area contributed by atoms with E-state index in [0.717, 1.165) is 21.6 Å². The van der Waals surface area contributed by atoms with Crippen LogP contribution in [0.1, 0.15) is 17.3 Å². The van der Waals surface area contributed by atoms with Crippen LogP contribution >= 0.6 is 15.9 Å².